The molecule has 0 unspecified atom stereocenters. The van der Waals surface area contributed by atoms with Gasteiger partial charge in [0.05, 0.1) is 6.54 Å². The molecule has 240 valence electrons. The molecule has 0 aliphatic rings. The summed E-state index contributed by atoms with van der Waals surface area (Å²) in [5.41, 5.74) is 4.85. The molecule has 5 aromatic rings. The maximum absolute atomic E-state index is 14.5. The number of hydrogen-bond acceptors (Lipinski definition) is 12. The van der Waals surface area contributed by atoms with Crippen LogP contribution in [0.4, 0.5) is 26.3 Å². The fraction of sp³-hybridized carbons (Fsp3) is 0.250. The molecule has 0 spiro atoms. The summed E-state index contributed by atoms with van der Waals surface area (Å²) in [6.07, 6.45) is 1.07. The van der Waals surface area contributed by atoms with E-state index in [4.69, 9.17) is 4.74 Å². The van der Waals surface area contributed by atoms with Gasteiger partial charge in [-0.1, -0.05) is 24.0 Å². The third-order valence-electron chi connectivity index (χ3n) is 6.63. The van der Waals surface area contributed by atoms with Gasteiger partial charge in [-0.05, 0) is 37.4 Å². The number of carboxylic acids is 1. The van der Waals surface area contributed by atoms with Crippen LogP contribution in [0.15, 0.2) is 48.5 Å². The number of hydrogen-bond donors (Lipinski definition) is 3. The Kier molecular flexibility index (Phi) is 11.7. The first-order chi connectivity index (χ1) is 22.9. The second-order valence-electron chi connectivity index (χ2n) is 10.00. The number of para-hydroxylation sites is 1. The van der Waals surface area contributed by atoms with Crippen LogP contribution < -0.4 is 20.3 Å². The summed E-state index contributed by atoms with van der Waals surface area (Å²) in [6, 6.07) is 14.2. The van der Waals surface area contributed by atoms with Crippen molar-refractivity contribution in [2.45, 2.75) is 26.2 Å². The number of nitrogens with zero attached hydrogens (tertiary/aromatic N) is 5. The zero-order valence-electron chi connectivity index (χ0n) is 25.4. The Bertz CT molecular complexity index is 2040. The van der Waals surface area contributed by atoms with Crippen LogP contribution in [0, 0.1) is 30.2 Å². The van der Waals surface area contributed by atoms with Gasteiger partial charge in [-0.25, -0.2) is 4.39 Å². The minimum Gasteiger partial charge on any atom is -0.203 e. The van der Waals surface area contributed by atoms with Crippen molar-refractivity contribution >= 4 is 68.7 Å². The molecule has 0 atom stereocenters. The first kappa shape index (κ1) is 33.7. The van der Waals surface area contributed by atoms with Gasteiger partial charge in [-0.3, -0.25) is 0 Å². The van der Waals surface area contributed by atoms with Crippen molar-refractivity contribution in [3.63, 3.8) is 0 Å². The van der Waals surface area contributed by atoms with E-state index in [1.165, 1.54) is 34.8 Å². The van der Waals surface area contributed by atoms with Crippen molar-refractivity contribution in [2.24, 2.45) is 0 Å². The molecule has 0 saturated carbocycles. The van der Waals surface area contributed by atoms with Gasteiger partial charge in [0, 0.05) is 5.56 Å². The Labute approximate surface area is 279 Å². The summed E-state index contributed by atoms with van der Waals surface area (Å²) in [5.74, 6) is 5.13. The molecular weight excluding hydrogens is 661 g/mol. The number of anilines is 4. The Morgan fingerprint density at radius 3 is 2.74 bits per heavy atom. The minimum atomic E-state index is -1.17. The monoisotopic (exact) mass is 689 g/mol. The van der Waals surface area contributed by atoms with Gasteiger partial charge in [0.25, 0.3) is 0 Å². The van der Waals surface area contributed by atoms with Crippen LogP contribution in [-0.2, 0) is 11.0 Å². The van der Waals surface area contributed by atoms with Crippen LogP contribution in [-0.4, -0.2) is 58.0 Å². The average Bonchev–Trinajstić information content (AvgIpc) is 3.67. The van der Waals surface area contributed by atoms with Crippen molar-refractivity contribution < 1.29 is 23.6 Å². The molecule has 2 aromatic carbocycles. The van der Waals surface area contributed by atoms with Crippen molar-refractivity contribution in [3.8, 4) is 23.2 Å². The number of rotatable bonds is 13. The summed E-state index contributed by atoms with van der Waals surface area (Å²) in [6.45, 7) is 2.83. The minimum absolute atomic E-state index is 0.0839. The van der Waals surface area contributed by atoms with E-state index in [0.717, 1.165) is 15.8 Å². The standard InChI is InChI=1S/C32H29FN7O4PS2/c1-20-18-27(38-39-29(20)37-31-35-23-9-3-4-10-25(23)46-31)40(15-7-17-45-43)32-36-28(30(41)42)26(47-32)11-6-16-44-24-13-12-21(19-22(24)33)8-5-14-34-2/h3-4,9-10,12-13,18-19,34H,6-7,11,14-16H2,1-2H3,(H,41,42)(H,35,37,39). The van der Waals surface area contributed by atoms with Gasteiger partial charge in [-0.15, -0.1) is 0 Å². The Morgan fingerprint density at radius 1 is 1.15 bits per heavy atom. The molecule has 0 aliphatic carbocycles. The number of carbonyl (C=O) groups is 1. The van der Waals surface area contributed by atoms with Gasteiger partial charge in [0.2, 0.25) is 0 Å². The fourth-order valence-corrected chi connectivity index (χ4v) is 6.59. The van der Waals surface area contributed by atoms with E-state index in [2.05, 4.69) is 48.3 Å². The van der Waals surface area contributed by atoms with Crippen LogP contribution in [0.25, 0.3) is 10.2 Å². The molecule has 0 radical (unpaired) electrons. The number of benzene rings is 2. The van der Waals surface area contributed by atoms with Gasteiger partial charge in [-0.2, -0.15) is 0 Å². The van der Waals surface area contributed by atoms with Crippen molar-refractivity contribution in [3.05, 3.63) is 76.0 Å². The Hall–Kier alpha value is -4.63. The maximum atomic E-state index is 14.5. The van der Waals surface area contributed by atoms with Gasteiger partial charge < -0.3 is 5.32 Å². The number of ether oxygens (including phenoxy) is 1. The maximum Gasteiger partial charge on any atom is 0.166 e. The summed E-state index contributed by atoms with van der Waals surface area (Å²) >= 11 is 2.71. The number of fused-ring (bicyclic) bond motifs is 1. The smallest absolute Gasteiger partial charge is 0.166 e. The van der Waals surface area contributed by atoms with Gasteiger partial charge in [0.1, 0.15) is 0 Å². The molecule has 15 heteroatoms. The molecular formula is C32H29FN7O4PS2. The summed E-state index contributed by atoms with van der Waals surface area (Å²) < 4.78 is 32.3. The molecule has 47 heavy (non-hydrogen) atoms. The molecule has 3 heterocycles. The van der Waals surface area contributed by atoms with Crippen molar-refractivity contribution in [2.75, 3.05) is 37.0 Å². The van der Waals surface area contributed by atoms with E-state index in [1.54, 1.807) is 18.0 Å². The SMILES string of the molecule is CNCC#Cc1ccc(OCCCc2sc(N(CCC#P=O)c3cc(C)c(Nc4nc5ccccc5s4)nn3)nc2C(=O)O)c(F)c1. The summed E-state index contributed by atoms with van der Waals surface area (Å²) in [5, 5.41) is 25.9. The van der Waals surface area contributed by atoms with E-state index in [-0.39, 0.29) is 32.5 Å². The molecule has 0 fully saturated rings. The Morgan fingerprint density at radius 2 is 2.00 bits per heavy atom. The largest absolute Gasteiger partial charge is 0.203 e. The van der Waals surface area contributed by atoms with Crippen LogP contribution in [0.2, 0.25) is 0 Å². The zero-order valence-corrected chi connectivity index (χ0v) is 27.9. The molecule has 3 N–H and O–H groups in total. The topological polar surface area (TPSA) is 142 Å². The van der Waals surface area contributed by atoms with Gasteiger partial charge >= 0.3 is 191 Å². The van der Waals surface area contributed by atoms with Crippen molar-refractivity contribution in [1.82, 2.24) is 25.5 Å². The molecule has 3 aromatic heterocycles. The molecule has 0 aliphatic heterocycles. The number of thiazole rings is 2. The number of aromatic carboxylic acids is 1. The van der Waals surface area contributed by atoms with Crippen LogP contribution >= 0.6 is 30.6 Å². The van der Waals surface area contributed by atoms with Crippen LogP contribution in [0.3, 0.4) is 0 Å². The third kappa shape index (κ3) is 8.80. The normalized spacial score (nSPS) is 10.6. The van der Waals surface area contributed by atoms with Crippen LogP contribution in [0.1, 0.15) is 39.3 Å². The van der Waals surface area contributed by atoms with E-state index >= 15 is 0 Å². The quantitative estimate of drug-likeness (QED) is 0.0683. The zero-order chi connectivity index (χ0) is 33.2. The van der Waals surface area contributed by atoms with E-state index in [9.17, 15) is 18.9 Å². The molecule has 0 amide bonds. The predicted octanol–water partition coefficient (Wildman–Crippen LogP) is 6.79. The summed E-state index contributed by atoms with van der Waals surface area (Å²) in [4.78, 5) is 23.4. The van der Waals surface area contributed by atoms with Gasteiger partial charge in [0.15, 0.2) is 5.82 Å². The number of aryl methyl sites for hydroxylation is 2. The van der Waals surface area contributed by atoms with E-state index in [1.807, 2.05) is 37.3 Å². The number of nitrogens with one attached hydrogen (secondary N) is 2. The molecule has 0 bridgehead atoms. The van der Waals surface area contributed by atoms with Crippen molar-refractivity contribution in [1.29, 1.82) is 0 Å². The average molecular weight is 690 g/mol. The third-order valence-corrected chi connectivity index (χ3v) is 9.08. The summed E-state index contributed by atoms with van der Waals surface area (Å²) in [7, 11) is 1.54. The Balaban J connectivity index is 1.30. The molecule has 0 saturated heterocycles. The van der Waals surface area contributed by atoms with E-state index in [0.29, 0.717) is 58.1 Å². The number of carboxylic acid groups (broad SMARTS) is 1. The molecule has 5 rings (SSSR count). The van der Waals surface area contributed by atoms with E-state index < -0.39 is 11.8 Å². The molecule has 11 nitrogen and oxygen atoms in total. The fourth-order valence-electron chi connectivity index (χ4n) is 4.41. The van der Waals surface area contributed by atoms with Crippen LogP contribution in [0.5, 0.6) is 5.75 Å². The number of halogens is 1. The predicted molar refractivity (Wildman–Crippen MR) is 183 cm³/mol. The first-order valence-electron chi connectivity index (χ1n) is 14.4. The first-order valence-corrected chi connectivity index (χ1v) is 16.9. The second kappa shape index (κ2) is 16.3. The second-order valence-corrected chi connectivity index (χ2v) is 12.6. The number of aromatic nitrogens is 4.